The van der Waals surface area contributed by atoms with E-state index in [1.165, 1.54) is 43.5 Å². The van der Waals surface area contributed by atoms with Gasteiger partial charge in [0.05, 0.1) is 0 Å². The van der Waals surface area contributed by atoms with Gasteiger partial charge in [0.25, 0.3) is 0 Å². The van der Waals surface area contributed by atoms with Crippen LogP contribution in [0.3, 0.4) is 0 Å². The number of piperidine rings is 1. The normalized spacial score (nSPS) is 21.8. The van der Waals surface area contributed by atoms with Gasteiger partial charge in [-0.05, 0) is 55.0 Å². The van der Waals surface area contributed by atoms with E-state index in [1.807, 2.05) is 19.1 Å². The number of hydrogen-bond acceptors (Lipinski definition) is 2. The molecule has 0 aliphatic carbocycles. The maximum atomic E-state index is 13.3. The maximum Gasteiger partial charge on any atom is 0.126 e. The minimum absolute atomic E-state index is 0.111. The lowest BCUT2D eigenvalue weighted by molar-refractivity contribution is -0.0304. The summed E-state index contributed by atoms with van der Waals surface area (Å²) >= 11 is 0. The summed E-state index contributed by atoms with van der Waals surface area (Å²) in [6, 6.07) is 5.46. The van der Waals surface area contributed by atoms with Crippen molar-refractivity contribution < 1.29 is 4.39 Å². The molecule has 0 atom stereocenters. The van der Waals surface area contributed by atoms with Crippen LogP contribution in [-0.4, -0.2) is 36.2 Å². The monoisotopic (exact) mass is 274 g/mol. The summed E-state index contributed by atoms with van der Waals surface area (Å²) in [5.74, 6) is -0.111. The summed E-state index contributed by atoms with van der Waals surface area (Å²) < 4.78 is 13.3. The van der Waals surface area contributed by atoms with Crippen molar-refractivity contribution in [3.05, 3.63) is 41.2 Å². The quantitative estimate of drug-likeness (QED) is 0.812. The molecule has 0 radical (unpaired) electrons. The molecule has 0 saturated carbocycles. The third-order valence-electron chi connectivity index (χ3n) is 4.45. The van der Waals surface area contributed by atoms with E-state index in [1.54, 1.807) is 6.07 Å². The Bertz CT molecular complexity index is 504. The molecule has 2 heterocycles. The van der Waals surface area contributed by atoms with Crippen LogP contribution in [0.25, 0.3) is 5.57 Å². The van der Waals surface area contributed by atoms with Gasteiger partial charge in [-0.15, -0.1) is 0 Å². The first kappa shape index (κ1) is 13.8. The van der Waals surface area contributed by atoms with Crippen LogP contribution < -0.4 is 0 Å². The topological polar surface area (TPSA) is 6.48 Å². The van der Waals surface area contributed by atoms with Crippen molar-refractivity contribution in [1.29, 1.82) is 0 Å². The third kappa shape index (κ3) is 2.94. The molecule has 20 heavy (non-hydrogen) atoms. The minimum atomic E-state index is -0.111. The number of benzene rings is 1. The van der Waals surface area contributed by atoms with E-state index >= 15 is 0 Å². The molecule has 0 N–H and O–H groups in total. The molecule has 1 aromatic rings. The lowest BCUT2D eigenvalue weighted by Crippen LogP contribution is -2.47. The van der Waals surface area contributed by atoms with Crippen molar-refractivity contribution in [1.82, 2.24) is 10.0 Å². The first-order valence-corrected chi connectivity index (χ1v) is 7.69. The number of aryl methyl sites for hydroxylation is 1. The fourth-order valence-electron chi connectivity index (χ4n) is 3.18. The van der Waals surface area contributed by atoms with E-state index < -0.39 is 0 Å². The molecule has 0 unspecified atom stereocenters. The molecule has 0 amide bonds. The maximum absolute atomic E-state index is 13.3. The largest absolute Gasteiger partial charge is 0.241 e. The average Bonchev–Trinajstić information content (AvgIpc) is 2.51. The Morgan fingerprint density at radius 1 is 1.00 bits per heavy atom. The van der Waals surface area contributed by atoms with Crippen molar-refractivity contribution in [3.63, 3.8) is 0 Å². The first-order valence-electron chi connectivity index (χ1n) is 7.69. The van der Waals surface area contributed by atoms with Crippen LogP contribution >= 0.6 is 0 Å². The predicted octanol–water partition coefficient (Wildman–Crippen LogP) is 3.62. The van der Waals surface area contributed by atoms with Crippen LogP contribution in [0.5, 0.6) is 0 Å². The van der Waals surface area contributed by atoms with Crippen LogP contribution in [0, 0.1) is 12.7 Å². The third-order valence-corrected chi connectivity index (χ3v) is 4.45. The SMILES string of the molecule is Cc1cc(C2=CCN(N3CCCCC3)CC2)ccc1F. The van der Waals surface area contributed by atoms with Gasteiger partial charge in [-0.2, -0.15) is 0 Å². The molecular formula is C17H23FN2. The summed E-state index contributed by atoms with van der Waals surface area (Å²) in [7, 11) is 0. The standard InChI is InChI=1S/C17H23FN2/c1-14-13-16(5-6-17(14)18)15-7-11-20(12-8-15)19-9-3-2-4-10-19/h5-7,13H,2-4,8-12H2,1H3. The fourth-order valence-corrected chi connectivity index (χ4v) is 3.18. The summed E-state index contributed by atoms with van der Waals surface area (Å²) in [6.45, 7) is 6.33. The van der Waals surface area contributed by atoms with E-state index in [2.05, 4.69) is 16.1 Å². The number of nitrogens with zero attached hydrogens (tertiary/aromatic N) is 2. The van der Waals surface area contributed by atoms with Crippen LogP contribution in [-0.2, 0) is 0 Å². The Morgan fingerprint density at radius 2 is 1.80 bits per heavy atom. The Balaban J connectivity index is 1.68. The molecule has 1 aromatic carbocycles. The molecule has 2 nitrogen and oxygen atoms in total. The molecule has 3 heteroatoms. The van der Waals surface area contributed by atoms with Crippen molar-refractivity contribution in [2.24, 2.45) is 0 Å². The Labute approximate surface area is 120 Å². The zero-order valence-electron chi connectivity index (χ0n) is 12.2. The van der Waals surface area contributed by atoms with E-state index in [4.69, 9.17) is 0 Å². The number of halogens is 1. The van der Waals surface area contributed by atoms with Gasteiger partial charge < -0.3 is 0 Å². The summed E-state index contributed by atoms with van der Waals surface area (Å²) in [5.41, 5.74) is 3.28. The van der Waals surface area contributed by atoms with Crippen molar-refractivity contribution in [2.45, 2.75) is 32.6 Å². The molecule has 1 saturated heterocycles. The van der Waals surface area contributed by atoms with Crippen molar-refractivity contribution in [2.75, 3.05) is 26.2 Å². The lowest BCUT2D eigenvalue weighted by atomic mass is 9.98. The van der Waals surface area contributed by atoms with Crippen LogP contribution in [0.1, 0.15) is 36.8 Å². The molecule has 2 aliphatic rings. The molecule has 0 aromatic heterocycles. The number of hydrogen-bond donors (Lipinski definition) is 0. The smallest absolute Gasteiger partial charge is 0.126 e. The van der Waals surface area contributed by atoms with Gasteiger partial charge >= 0.3 is 0 Å². The van der Waals surface area contributed by atoms with Crippen molar-refractivity contribution >= 4 is 5.57 Å². The van der Waals surface area contributed by atoms with E-state index in [0.29, 0.717) is 0 Å². The molecule has 108 valence electrons. The molecule has 1 fully saturated rings. The van der Waals surface area contributed by atoms with Gasteiger partial charge in [0.2, 0.25) is 0 Å². The highest BCUT2D eigenvalue weighted by Gasteiger charge is 2.20. The van der Waals surface area contributed by atoms with Crippen LogP contribution in [0.4, 0.5) is 4.39 Å². The van der Waals surface area contributed by atoms with Gasteiger partial charge in [-0.3, -0.25) is 0 Å². The molecule has 0 spiro atoms. The molecule has 3 rings (SSSR count). The first-order chi connectivity index (χ1) is 9.74. The van der Waals surface area contributed by atoms with E-state index in [9.17, 15) is 4.39 Å². The highest BCUT2D eigenvalue weighted by Crippen LogP contribution is 2.25. The van der Waals surface area contributed by atoms with Gasteiger partial charge in [0, 0.05) is 26.2 Å². The second kappa shape index (κ2) is 6.06. The second-order valence-corrected chi connectivity index (χ2v) is 5.87. The molecule has 0 bridgehead atoms. The summed E-state index contributed by atoms with van der Waals surface area (Å²) in [5, 5.41) is 4.98. The molecular weight excluding hydrogens is 251 g/mol. The summed E-state index contributed by atoms with van der Waals surface area (Å²) in [6.07, 6.45) is 7.39. The highest BCUT2D eigenvalue weighted by atomic mass is 19.1. The predicted molar refractivity (Wildman–Crippen MR) is 80.7 cm³/mol. The zero-order valence-corrected chi connectivity index (χ0v) is 12.2. The number of hydrazine groups is 1. The zero-order chi connectivity index (χ0) is 13.9. The average molecular weight is 274 g/mol. The van der Waals surface area contributed by atoms with Gasteiger partial charge in [0.15, 0.2) is 0 Å². The molecule has 2 aliphatic heterocycles. The highest BCUT2D eigenvalue weighted by molar-refractivity contribution is 5.67. The second-order valence-electron chi connectivity index (χ2n) is 5.87. The Morgan fingerprint density at radius 3 is 2.45 bits per heavy atom. The van der Waals surface area contributed by atoms with Gasteiger partial charge in [-0.1, -0.05) is 18.6 Å². The van der Waals surface area contributed by atoms with E-state index in [0.717, 1.165) is 25.1 Å². The van der Waals surface area contributed by atoms with Gasteiger partial charge in [0.1, 0.15) is 5.82 Å². The Hall–Kier alpha value is -1.19. The fraction of sp³-hybridized carbons (Fsp3) is 0.529. The van der Waals surface area contributed by atoms with E-state index in [-0.39, 0.29) is 5.82 Å². The van der Waals surface area contributed by atoms with Crippen LogP contribution in [0.15, 0.2) is 24.3 Å². The van der Waals surface area contributed by atoms with Crippen molar-refractivity contribution in [3.8, 4) is 0 Å². The van der Waals surface area contributed by atoms with Crippen LogP contribution in [0.2, 0.25) is 0 Å². The minimum Gasteiger partial charge on any atom is -0.241 e. The lowest BCUT2D eigenvalue weighted by Gasteiger charge is -2.39. The number of rotatable bonds is 2. The van der Waals surface area contributed by atoms with Gasteiger partial charge in [-0.25, -0.2) is 14.4 Å². The Kier molecular flexibility index (Phi) is 4.18. The summed E-state index contributed by atoms with van der Waals surface area (Å²) in [4.78, 5) is 0.